The number of amides is 10. The molecule has 0 aliphatic carbocycles. The Kier molecular flexibility index (Phi) is 46.7. The molecule has 2 aliphatic rings. The molecule has 2 aromatic rings. The van der Waals surface area contributed by atoms with Crippen molar-refractivity contribution in [3.05, 3.63) is 48.0 Å². The number of carboxylic acids is 3. The van der Waals surface area contributed by atoms with Crippen molar-refractivity contribution in [1.82, 2.24) is 52.8 Å². The summed E-state index contributed by atoms with van der Waals surface area (Å²) in [5, 5.41) is 52.4. The molecule has 2 saturated heterocycles. The van der Waals surface area contributed by atoms with Crippen molar-refractivity contribution in [2.75, 3.05) is 109 Å². The van der Waals surface area contributed by atoms with Crippen molar-refractivity contribution in [3.63, 3.8) is 0 Å². The lowest BCUT2D eigenvalue weighted by Gasteiger charge is -2.31. The number of nitrogens with one attached hydrogen (secondary N) is 9. The number of carbonyl (C=O) groups excluding carboxylic acids is 14. The minimum absolute atomic E-state index is 0.0143. The molecule has 2 fully saturated rings. The molecular weight excluding hydrogens is 1530 g/mol. The predicted molar refractivity (Wildman–Crippen MR) is 415 cm³/mol. The Hall–Kier alpha value is -8.96. The monoisotopic (exact) mass is 1640 g/mol. The zero-order valence-electron chi connectivity index (χ0n) is 62.9. The number of hydrogen-bond acceptors (Lipinski definition) is 25. The molecular formula is C71H105N13O23S4. The lowest BCUT2D eigenvalue weighted by Crippen LogP contribution is -2.58. The van der Waals surface area contributed by atoms with Crippen LogP contribution in [0.2, 0.25) is 0 Å². The Bertz CT molecular complexity index is 3530. The van der Waals surface area contributed by atoms with Crippen LogP contribution in [0.4, 0.5) is 0 Å². The number of aliphatic carboxylic acids is 3. The van der Waals surface area contributed by atoms with Crippen molar-refractivity contribution >= 4 is 162 Å². The first kappa shape index (κ1) is 96.2. The van der Waals surface area contributed by atoms with Gasteiger partial charge in [-0.25, -0.2) is 0 Å². The lowest BCUT2D eigenvalue weighted by atomic mass is 9.89. The van der Waals surface area contributed by atoms with Crippen LogP contribution in [0.5, 0.6) is 0 Å². The Morgan fingerprint density at radius 1 is 0.703 bits per heavy atom. The summed E-state index contributed by atoms with van der Waals surface area (Å²) in [5.41, 5.74) is 11.4. The summed E-state index contributed by atoms with van der Waals surface area (Å²) in [6.45, 7) is 6.40. The first-order chi connectivity index (χ1) is 52.8. The summed E-state index contributed by atoms with van der Waals surface area (Å²) in [6, 6.07) is 5.09. The number of carbonyl (C=O) groups is 17. The fourth-order valence-electron chi connectivity index (χ4n) is 11.1. The number of ketones is 4. The maximum Gasteiger partial charge on any atom is 0.322 e. The highest BCUT2D eigenvalue weighted by Crippen LogP contribution is 2.29. The van der Waals surface area contributed by atoms with Crippen molar-refractivity contribution in [2.45, 2.75) is 146 Å². The molecule has 111 heavy (non-hydrogen) atoms. The van der Waals surface area contributed by atoms with Gasteiger partial charge in [-0.05, 0) is 68.7 Å². The van der Waals surface area contributed by atoms with Gasteiger partial charge in [0.15, 0.2) is 23.3 Å². The van der Waals surface area contributed by atoms with E-state index >= 15 is 0 Å². The van der Waals surface area contributed by atoms with E-state index < -0.39 is 187 Å². The number of methoxy groups -OCH3 is 1. The van der Waals surface area contributed by atoms with Gasteiger partial charge in [0.25, 0.3) is 0 Å². The highest BCUT2D eigenvalue weighted by atomic mass is 33.1. The van der Waals surface area contributed by atoms with E-state index in [1.54, 1.807) is 18.2 Å². The van der Waals surface area contributed by atoms with Gasteiger partial charge in [-0.15, -0.1) is 23.5 Å². The topological polar surface area (TPSA) is 554 Å². The summed E-state index contributed by atoms with van der Waals surface area (Å²) in [4.78, 5) is 228. The van der Waals surface area contributed by atoms with Crippen molar-refractivity contribution in [1.29, 1.82) is 0 Å². The fraction of sp³-hybridized carbons (Fsp3) is 0.606. The van der Waals surface area contributed by atoms with Crippen LogP contribution in [0.25, 0.3) is 10.8 Å². The fourth-order valence-corrected chi connectivity index (χ4v) is 15.1. The van der Waals surface area contributed by atoms with Crippen LogP contribution in [0.1, 0.15) is 110 Å². The lowest BCUT2D eigenvalue weighted by molar-refractivity contribution is -0.143. The van der Waals surface area contributed by atoms with Crippen molar-refractivity contribution in [2.24, 2.45) is 34.2 Å². The number of carboxylic acid groups (broad SMARTS) is 3. The highest BCUT2D eigenvalue weighted by Gasteiger charge is 2.38. The molecule has 2 aliphatic heterocycles. The molecule has 40 heteroatoms. The molecule has 0 radical (unpaired) electrons. The van der Waals surface area contributed by atoms with E-state index in [0.717, 1.165) is 55.4 Å². The maximum absolute atomic E-state index is 14.8. The molecule has 4 rings (SSSR count). The average Bonchev–Trinajstić information content (AvgIpc) is 0.931. The highest BCUT2D eigenvalue weighted by molar-refractivity contribution is 8.76. The normalized spacial score (nSPS) is 19.9. The number of Topliss-reactive ketones (excluding diaryl/α,β-unsaturated/α-hetero) is 4. The number of thioether (sulfide) groups is 2. The summed E-state index contributed by atoms with van der Waals surface area (Å²) in [7, 11) is 4.53. The van der Waals surface area contributed by atoms with E-state index in [-0.39, 0.29) is 111 Å². The number of rotatable bonds is 38. The molecule has 0 spiro atoms. The maximum atomic E-state index is 14.8. The number of aliphatic imine (C=N–C) groups is 1. The Morgan fingerprint density at radius 2 is 1.37 bits per heavy atom. The largest absolute Gasteiger partial charge is 0.481 e. The number of hydrogen-bond donors (Lipinski definition) is 14. The van der Waals surface area contributed by atoms with Crippen LogP contribution >= 0.6 is 45.1 Å². The zero-order chi connectivity index (χ0) is 82.4. The van der Waals surface area contributed by atoms with Gasteiger partial charge in [0.05, 0.1) is 68.7 Å². The van der Waals surface area contributed by atoms with Gasteiger partial charge in [0.1, 0.15) is 35.9 Å². The number of nitrogens with two attached hydrogens (primary N) is 2. The van der Waals surface area contributed by atoms with Gasteiger partial charge >= 0.3 is 17.9 Å². The average molecular weight is 1640 g/mol. The molecule has 2 bridgehead atoms. The first-order valence-electron chi connectivity index (χ1n) is 36.1. The molecule has 36 nitrogen and oxygen atoms in total. The molecule has 16 N–H and O–H groups in total. The van der Waals surface area contributed by atoms with Crippen LogP contribution < -0.4 is 59.3 Å². The SMILES string of the molecule is CCCOCCNC(=O)CCCC(CC(=O)CSC(C)OCC)C(=O)NCC(=O)NCC(=O)O.COCCNC(=O)CCC(=O)[C@@H]1CSCC(=O)N[C@@H](CC(=O)O)C(=O)N[C@H]2CSSC[C@H](NC(=O)[C@H](CC(=O)O)CC(=O)CNC(=O)[C@H](CCCN=C(N)N)N(C)C2=O)C(=O)C[C@@H](Cc2cccc3ccccc23)C(=O)N1. The third-order valence-corrected chi connectivity index (χ3v) is 21.3. The number of ether oxygens (including phenoxy) is 3. The van der Waals surface area contributed by atoms with E-state index in [2.05, 4.69) is 52.8 Å². The van der Waals surface area contributed by atoms with Crippen LogP contribution in [0.15, 0.2) is 47.5 Å². The van der Waals surface area contributed by atoms with Crippen molar-refractivity contribution in [3.8, 4) is 0 Å². The van der Waals surface area contributed by atoms with Gasteiger partial charge < -0.3 is 93.7 Å². The molecule has 9 atom stereocenters. The summed E-state index contributed by atoms with van der Waals surface area (Å²) in [6.07, 6.45) is -2.07. The summed E-state index contributed by atoms with van der Waals surface area (Å²) < 4.78 is 15.6. The Morgan fingerprint density at radius 3 is 2.05 bits per heavy atom. The van der Waals surface area contributed by atoms with E-state index in [1.807, 2.05) is 45.0 Å². The van der Waals surface area contributed by atoms with Crippen LogP contribution in [0.3, 0.4) is 0 Å². The van der Waals surface area contributed by atoms with Gasteiger partial charge in [-0.2, -0.15) is 0 Å². The second-order valence-corrected chi connectivity index (χ2v) is 30.6. The van der Waals surface area contributed by atoms with Gasteiger partial charge in [-0.3, -0.25) is 86.5 Å². The van der Waals surface area contributed by atoms with E-state index in [1.165, 1.54) is 25.9 Å². The minimum atomic E-state index is -1.78. The quantitative estimate of drug-likeness (QED) is 0.0131. The van der Waals surface area contributed by atoms with E-state index in [0.29, 0.717) is 44.8 Å². The molecule has 0 saturated carbocycles. The number of nitrogens with zero attached hydrogens (tertiary/aromatic N) is 2. The standard InChI is InChI=1S/C49H66N10O15S3.C22H39N3O8S/c1-59-37(11-6-14-53-49(50)51)47(72)54-22-31(60)18-30(20-42(65)66)45(70)57-35-24-76-77-25-36(48(59)73)58-46(71)33(21-43(67)68)55-41(64)26-75-23-34(38(61)12-13-40(63)52-15-16-74-2)56-44(69)29(19-39(35)62)17-28-9-5-8-27-7-3-4-10-32(27)28;1-4-10-32-11-9-23-19(27)8-6-7-17(12-18(26)15-34-16(3)33-5-2)22(31)25-13-20(28)24-14-21(29)30/h3-5,7-10,29-30,33-37H,6,11-26H2,1-2H3,(H,52,63)(H,54,72)(H,55,64)(H,56,69)(H,57,70)(H,58,71)(H,65,66)(H,67,68)(H4,50,51,53);16-17H,4-15H2,1-3H3,(H,23,27)(H,24,28)(H,25,31)(H,29,30)/t29-,30+,33+,34+,35+,36+,37+;/m1./s1. The molecule has 10 amide bonds. The molecule has 2 unspecified atom stereocenters. The van der Waals surface area contributed by atoms with E-state index in [9.17, 15) is 91.7 Å². The van der Waals surface area contributed by atoms with Crippen LogP contribution in [-0.4, -0.2) is 271 Å². The van der Waals surface area contributed by atoms with Crippen LogP contribution in [-0.2, 0) is 102 Å². The third-order valence-electron chi connectivity index (χ3n) is 16.7. The second kappa shape index (κ2) is 53.8. The Balaban J connectivity index is 0.000000786. The Labute approximate surface area is 659 Å². The van der Waals surface area contributed by atoms with Crippen LogP contribution in [0, 0.1) is 17.8 Å². The van der Waals surface area contributed by atoms with Gasteiger partial charge in [0.2, 0.25) is 59.1 Å². The van der Waals surface area contributed by atoms with Gasteiger partial charge in [0, 0.05) is 115 Å². The molecule has 0 aromatic heterocycles. The summed E-state index contributed by atoms with van der Waals surface area (Å²) >= 11 is 2.16. The molecule has 616 valence electrons. The number of fused-ring (bicyclic) bond motifs is 6. The number of guanidine groups is 1. The second-order valence-electron chi connectivity index (χ2n) is 25.7. The number of likely N-dealkylation sites (N-methyl/N-ethyl adjacent to an activating group) is 1. The third kappa shape index (κ3) is 39.7. The molecule has 2 heterocycles. The number of benzene rings is 2. The predicted octanol–water partition coefficient (Wildman–Crippen LogP) is -0.620. The van der Waals surface area contributed by atoms with E-state index in [4.69, 9.17) is 30.8 Å². The molecule has 2 aromatic carbocycles. The summed E-state index contributed by atoms with van der Waals surface area (Å²) in [5.74, 6) is -18.7. The first-order valence-corrected chi connectivity index (χ1v) is 40.8. The van der Waals surface area contributed by atoms with Gasteiger partial charge in [-0.1, -0.05) is 71.0 Å². The minimum Gasteiger partial charge on any atom is -0.481 e. The smallest absolute Gasteiger partial charge is 0.322 e. The van der Waals surface area contributed by atoms with Crippen molar-refractivity contribution < 1.29 is 111 Å². The zero-order valence-corrected chi connectivity index (χ0v) is 66.2.